The predicted octanol–water partition coefficient (Wildman–Crippen LogP) is 3.39. The van der Waals surface area contributed by atoms with Gasteiger partial charge in [-0.15, -0.1) is 0 Å². The first-order valence-electron chi connectivity index (χ1n) is 5.15. The molecule has 0 fully saturated rings. The lowest BCUT2D eigenvalue weighted by Crippen LogP contribution is -2.10. The number of benzene rings is 1. The summed E-state index contributed by atoms with van der Waals surface area (Å²) < 4.78 is 14.5. The second-order valence-electron chi connectivity index (χ2n) is 3.61. The number of aromatic nitrogens is 2. The Labute approximate surface area is 113 Å². The molecular formula is C12H11FIN3. The van der Waals surface area contributed by atoms with E-state index < -0.39 is 0 Å². The highest BCUT2D eigenvalue weighted by Gasteiger charge is 2.10. The van der Waals surface area contributed by atoms with Crippen LogP contribution in [0.5, 0.6) is 0 Å². The van der Waals surface area contributed by atoms with Gasteiger partial charge in [0, 0.05) is 21.5 Å². The van der Waals surface area contributed by atoms with Crippen molar-refractivity contribution in [3.05, 3.63) is 51.6 Å². The van der Waals surface area contributed by atoms with Gasteiger partial charge in [-0.1, -0.05) is 18.2 Å². The fourth-order valence-corrected chi connectivity index (χ4v) is 1.76. The standard InChI is InChI=1S/C12H11FIN3/c1-8(10-4-2-3-5-11(10)13)17-12-15-6-9(14)7-16-12/h2-8H,1H3,(H,15,16,17). The highest BCUT2D eigenvalue weighted by molar-refractivity contribution is 14.1. The molecular weight excluding hydrogens is 332 g/mol. The Hall–Kier alpha value is -1.24. The molecule has 0 aliphatic rings. The minimum Gasteiger partial charge on any atom is -0.348 e. The SMILES string of the molecule is CC(Nc1ncc(I)cn1)c1ccccc1F. The summed E-state index contributed by atoms with van der Waals surface area (Å²) in [6.45, 7) is 1.87. The number of halogens is 2. The quantitative estimate of drug-likeness (QED) is 0.869. The molecule has 1 N–H and O–H groups in total. The zero-order valence-corrected chi connectivity index (χ0v) is 11.3. The van der Waals surface area contributed by atoms with E-state index in [1.807, 2.05) is 13.0 Å². The molecule has 3 nitrogen and oxygen atoms in total. The van der Waals surface area contributed by atoms with Crippen LogP contribution >= 0.6 is 22.6 Å². The third kappa shape index (κ3) is 3.12. The Morgan fingerprint density at radius 3 is 2.53 bits per heavy atom. The van der Waals surface area contributed by atoms with Crippen LogP contribution in [0.25, 0.3) is 0 Å². The van der Waals surface area contributed by atoms with Crippen molar-refractivity contribution in [3.8, 4) is 0 Å². The summed E-state index contributed by atoms with van der Waals surface area (Å²) in [7, 11) is 0. The maximum Gasteiger partial charge on any atom is 0.223 e. The number of hydrogen-bond donors (Lipinski definition) is 1. The zero-order valence-electron chi connectivity index (χ0n) is 9.19. The Kier molecular flexibility index (Phi) is 3.88. The molecule has 2 rings (SSSR count). The largest absolute Gasteiger partial charge is 0.348 e. The van der Waals surface area contributed by atoms with Crippen LogP contribution in [-0.4, -0.2) is 9.97 Å². The fraction of sp³-hybridized carbons (Fsp3) is 0.167. The molecule has 88 valence electrons. The summed E-state index contributed by atoms with van der Waals surface area (Å²) in [6, 6.07) is 6.51. The predicted molar refractivity (Wildman–Crippen MR) is 73.2 cm³/mol. The maximum atomic E-state index is 13.5. The van der Waals surface area contributed by atoms with Crippen molar-refractivity contribution in [2.45, 2.75) is 13.0 Å². The average Bonchev–Trinajstić information content (AvgIpc) is 2.32. The van der Waals surface area contributed by atoms with Gasteiger partial charge in [-0.2, -0.15) is 0 Å². The lowest BCUT2D eigenvalue weighted by Gasteiger charge is -2.14. The number of rotatable bonds is 3. The first-order chi connectivity index (χ1) is 8.16. The van der Waals surface area contributed by atoms with E-state index in [0.29, 0.717) is 11.5 Å². The molecule has 1 aromatic heterocycles. The van der Waals surface area contributed by atoms with Crippen molar-refractivity contribution in [1.29, 1.82) is 0 Å². The van der Waals surface area contributed by atoms with E-state index in [0.717, 1.165) is 3.57 Å². The van der Waals surface area contributed by atoms with Crippen LogP contribution in [-0.2, 0) is 0 Å². The molecule has 1 unspecified atom stereocenters. The summed E-state index contributed by atoms with van der Waals surface area (Å²) in [5.74, 6) is 0.277. The van der Waals surface area contributed by atoms with E-state index >= 15 is 0 Å². The maximum absolute atomic E-state index is 13.5. The number of nitrogens with one attached hydrogen (secondary N) is 1. The Bertz CT molecular complexity index is 501. The van der Waals surface area contributed by atoms with Crippen LogP contribution in [0.15, 0.2) is 36.7 Å². The first kappa shape index (κ1) is 12.2. The lowest BCUT2D eigenvalue weighted by molar-refractivity contribution is 0.599. The van der Waals surface area contributed by atoms with E-state index in [1.54, 1.807) is 24.5 Å². The smallest absolute Gasteiger partial charge is 0.223 e. The lowest BCUT2D eigenvalue weighted by atomic mass is 10.1. The topological polar surface area (TPSA) is 37.8 Å². The number of anilines is 1. The van der Waals surface area contributed by atoms with Gasteiger partial charge in [0.1, 0.15) is 5.82 Å². The summed E-state index contributed by atoms with van der Waals surface area (Å²) in [5.41, 5.74) is 0.606. The summed E-state index contributed by atoms with van der Waals surface area (Å²) >= 11 is 2.13. The highest BCUT2D eigenvalue weighted by Crippen LogP contribution is 2.19. The van der Waals surface area contributed by atoms with Crippen molar-refractivity contribution in [3.63, 3.8) is 0 Å². The third-order valence-electron chi connectivity index (χ3n) is 2.34. The van der Waals surface area contributed by atoms with Gasteiger partial charge in [0.05, 0.1) is 6.04 Å². The van der Waals surface area contributed by atoms with E-state index in [9.17, 15) is 4.39 Å². The van der Waals surface area contributed by atoms with Crippen molar-refractivity contribution in [2.24, 2.45) is 0 Å². The minimum atomic E-state index is -0.224. The average molecular weight is 343 g/mol. The van der Waals surface area contributed by atoms with E-state index in [1.165, 1.54) is 6.07 Å². The van der Waals surface area contributed by atoms with E-state index in [-0.39, 0.29) is 11.9 Å². The molecule has 0 aliphatic heterocycles. The summed E-state index contributed by atoms with van der Waals surface area (Å²) in [6.07, 6.45) is 3.42. The molecule has 0 radical (unpaired) electrons. The molecule has 0 saturated heterocycles. The number of hydrogen-bond acceptors (Lipinski definition) is 3. The number of nitrogens with zero attached hydrogens (tertiary/aromatic N) is 2. The van der Waals surface area contributed by atoms with Crippen LogP contribution in [0, 0.1) is 9.39 Å². The van der Waals surface area contributed by atoms with Gasteiger partial charge in [0.15, 0.2) is 0 Å². The van der Waals surface area contributed by atoms with Gasteiger partial charge in [-0.3, -0.25) is 0 Å². The van der Waals surface area contributed by atoms with Crippen LogP contribution < -0.4 is 5.32 Å². The van der Waals surface area contributed by atoms with Crippen molar-refractivity contribution < 1.29 is 4.39 Å². The van der Waals surface area contributed by atoms with Crippen LogP contribution in [0.3, 0.4) is 0 Å². The van der Waals surface area contributed by atoms with Gasteiger partial charge in [0.25, 0.3) is 0 Å². The van der Waals surface area contributed by atoms with E-state index in [4.69, 9.17) is 0 Å². The molecule has 0 saturated carbocycles. The fourth-order valence-electron chi connectivity index (χ4n) is 1.48. The van der Waals surface area contributed by atoms with Gasteiger partial charge >= 0.3 is 0 Å². The van der Waals surface area contributed by atoms with Gasteiger partial charge < -0.3 is 5.32 Å². The molecule has 0 aliphatic carbocycles. The summed E-state index contributed by atoms with van der Waals surface area (Å²) in [4.78, 5) is 8.24. The Morgan fingerprint density at radius 1 is 1.24 bits per heavy atom. The first-order valence-corrected chi connectivity index (χ1v) is 6.23. The van der Waals surface area contributed by atoms with Crippen LogP contribution in [0.4, 0.5) is 10.3 Å². The molecule has 0 bridgehead atoms. The molecule has 0 amide bonds. The normalized spacial score (nSPS) is 12.2. The van der Waals surface area contributed by atoms with E-state index in [2.05, 4.69) is 37.9 Å². The van der Waals surface area contributed by atoms with Crippen molar-refractivity contribution in [2.75, 3.05) is 5.32 Å². The minimum absolute atomic E-state index is 0.170. The third-order valence-corrected chi connectivity index (χ3v) is 2.89. The molecule has 2 aromatic rings. The molecule has 5 heteroatoms. The molecule has 1 aromatic carbocycles. The van der Waals surface area contributed by atoms with Gasteiger partial charge in [-0.25, -0.2) is 14.4 Å². The monoisotopic (exact) mass is 343 g/mol. The van der Waals surface area contributed by atoms with Gasteiger partial charge in [0.2, 0.25) is 5.95 Å². The van der Waals surface area contributed by atoms with Gasteiger partial charge in [-0.05, 0) is 35.6 Å². The molecule has 1 atom stereocenters. The molecule has 17 heavy (non-hydrogen) atoms. The Morgan fingerprint density at radius 2 is 1.88 bits per heavy atom. The van der Waals surface area contributed by atoms with Crippen molar-refractivity contribution >= 4 is 28.5 Å². The Balaban J connectivity index is 2.14. The molecule has 1 heterocycles. The van der Waals surface area contributed by atoms with Crippen LogP contribution in [0.2, 0.25) is 0 Å². The molecule has 0 spiro atoms. The van der Waals surface area contributed by atoms with Crippen LogP contribution in [0.1, 0.15) is 18.5 Å². The zero-order chi connectivity index (χ0) is 12.3. The summed E-state index contributed by atoms with van der Waals surface area (Å²) in [5, 5.41) is 3.06. The second kappa shape index (κ2) is 5.39. The highest BCUT2D eigenvalue weighted by atomic mass is 127. The van der Waals surface area contributed by atoms with Crippen molar-refractivity contribution in [1.82, 2.24) is 9.97 Å². The second-order valence-corrected chi connectivity index (χ2v) is 4.86.